The van der Waals surface area contributed by atoms with Crippen molar-refractivity contribution in [2.24, 2.45) is 11.8 Å². The molecule has 3 heteroatoms. The average molecular weight is 226 g/mol. The van der Waals surface area contributed by atoms with Gasteiger partial charge in [0.25, 0.3) is 0 Å². The summed E-state index contributed by atoms with van der Waals surface area (Å²) in [4.78, 5) is 21.3. The number of carbonyl (C=O) groups is 2. The van der Waals surface area contributed by atoms with E-state index in [2.05, 4.69) is 0 Å². The van der Waals surface area contributed by atoms with E-state index in [1.807, 2.05) is 6.92 Å². The van der Waals surface area contributed by atoms with Crippen LogP contribution in [0, 0.1) is 11.8 Å². The van der Waals surface area contributed by atoms with Crippen LogP contribution in [0.1, 0.15) is 58.3 Å². The monoisotopic (exact) mass is 226 g/mol. The van der Waals surface area contributed by atoms with Crippen LogP contribution in [0.2, 0.25) is 0 Å². The molecule has 0 spiro atoms. The van der Waals surface area contributed by atoms with E-state index in [0.717, 1.165) is 25.7 Å². The molecule has 3 nitrogen and oxygen atoms in total. The van der Waals surface area contributed by atoms with Crippen LogP contribution in [-0.2, 0) is 9.59 Å². The lowest BCUT2D eigenvalue weighted by atomic mass is 9.71. The standard InChI is InChI=1S/C13H22O3/c1-10-11(9-12(10)14)7-5-3-2-4-6-8-13(15)16/h10-11H,2-9H2,1H3,(H,15,16). The van der Waals surface area contributed by atoms with Gasteiger partial charge in [-0.05, 0) is 18.8 Å². The number of carboxylic acids is 1. The van der Waals surface area contributed by atoms with Crippen molar-refractivity contribution < 1.29 is 14.7 Å². The minimum Gasteiger partial charge on any atom is -0.481 e. The third kappa shape index (κ3) is 4.33. The average Bonchev–Trinajstić information content (AvgIpc) is 2.25. The van der Waals surface area contributed by atoms with E-state index in [9.17, 15) is 9.59 Å². The first kappa shape index (κ1) is 13.2. The van der Waals surface area contributed by atoms with Crippen molar-refractivity contribution in [3.63, 3.8) is 0 Å². The van der Waals surface area contributed by atoms with Gasteiger partial charge in [-0.2, -0.15) is 0 Å². The van der Waals surface area contributed by atoms with Crippen molar-refractivity contribution in [2.75, 3.05) is 0 Å². The maximum Gasteiger partial charge on any atom is 0.303 e. The number of hydrogen-bond donors (Lipinski definition) is 1. The predicted molar refractivity (Wildman–Crippen MR) is 62.2 cm³/mol. The van der Waals surface area contributed by atoms with Crippen LogP contribution in [0.15, 0.2) is 0 Å². The first-order chi connectivity index (χ1) is 7.61. The van der Waals surface area contributed by atoms with Crippen molar-refractivity contribution in [2.45, 2.75) is 58.3 Å². The molecule has 1 aliphatic carbocycles. The van der Waals surface area contributed by atoms with Crippen molar-refractivity contribution >= 4 is 11.8 Å². The van der Waals surface area contributed by atoms with E-state index in [4.69, 9.17) is 5.11 Å². The zero-order valence-electron chi connectivity index (χ0n) is 10.1. The first-order valence-corrected chi connectivity index (χ1v) is 6.35. The Hall–Kier alpha value is -0.860. The highest BCUT2D eigenvalue weighted by Crippen LogP contribution is 2.34. The number of unbranched alkanes of at least 4 members (excludes halogenated alkanes) is 4. The predicted octanol–water partition coefficient (Wildman–Crippen LogP) is 3.03. The quantitative estimate of drug-likeness (QED) is 0.647. The van der Waals surface area contributed by atoms with Crippen LogP contribution in [0.4, 0.5) is 0 Å². The minimum atomic E-state index is -0.693. The molecule has 0 bridgehead atoms. The molecule has 0 radical (unpaired) electrons. The fraction of sp³-hybridized carbons (Fsp3) is 0.846. The van der Waals surface area contributed by atoms with Crippen LogP contribution in [0.25, 0.3) is 0 Å². The lowest BCUT2D eigenvalue weighted by Gasteiger charge is -2.32. The number of rotatable bonds is 8. The number of hydrogen-bond acceptors (Lipinski definition) is 2. The molecule has 0 amide bonds. The van der Waals surface area contributed by atoms with Gasteiger partial charge in [0.2, 0.25) is 0 Å². The molecule has 0 heterocycles. The Morgan fingerprint density at radius 1 is 1.25 bits per heavy atom. The van der Waals surface area contributed by atoms with Gasteiger partial charge in [0, 0.05) is 18.8 Å². The third-order valence-corrected chi connectivity index (χ3v) is 3.64. The molecule has 0 aliphatic heterocycles. The Morgan fingerprint density at radius 2 is 1.88 bits per heavy atom. The van der Waals surface area contributed by atoms with Crippen LogP contribution in [0.5, 0.6) is 0 Å². The molecule has 0 aromatic carbocycles. The van der Waals surface area contributed by atoms with Crippen molar-refractivity contribution in [1.29, 1.82) is 0 Å². The van der Waals surface area contributed by atoms with Gasteiger partial charge in [0.1, 0.15) is 5.78 Å². The number of carboxylic acid groups (broad SMARTS) is 1. The molecule has 0 saturated heterocycles. The van der Waals surface area contributed by atoms with E-state index >= 15 is 0 Å². The smallest absolute Gasteiger partial charge is 0.303 e. The number of carbonyl (C=O) groups excluding carboxylic acids is 1. The molecule has 2 unspecified atom stereocenters. The highest BCUT2D eigenvalue weighted by molar-refractivity contribution is 5.86. The molecule has 1 saturated carbocycles. The summed E-state index contributed by atoms with van der Waals surface area (Å²) in [5.74, 6) is 0.659. The number of aliphatic carboxylic acids is 1. The van der Waals surface area contributed by atoms with Crippen molar-refractivity contribution in [3.8, 4) is 0 Å². The second-order valence-corrected chi connectivity index (χ2v) is 4.92. The summed E-state index contributed by atoms with van der Waals surface area (Å²) >= 11 is 0. The molecule has 0 aromatic rings. The summed E-state index contributed by atoms with van der Waals surface area (Å²) < 4.78 is 0. The van der Waals surface area contributed by atoms with Crippen LogP contribution in [-0.4, -0.2) is 16.9 Å². The molecular formula is C13H22O3. The Balaban J connectivity index is 1.85. The Morgan fingerprint density at radius 3 is 2.44 bits per heavy atom. The molecule has 92 valence electrons. The lowest BCUT2D eigenvalue weighted by Crippen LogP contribution is -2.34. The zero-order valence-corrected chi connectivity index (χ0v) is 10.1. The summed E-state index contributed by atoms with van der Waals surface area (Å²) in [6.45, 7) is 2.03. The van der Waals surface area contributed by atoms with Gasteiger partial charge in [-0.1, -0.05) is 32.6 Å². The first-order valence-electron chi connectivity index (χ1n) is 6.35. The largest absolute Gasteiger partial charge is 0.481 e. The summed E-state index contributed by atoms with van der Waals surface area (Å²) in [5.41, 5.74) is 0. The fourth-order valence-corrected chi connectivity index (χ4v) is 2.29. The molecule has 1 rings (SSSR count). The molecule has 16 heavy (non-hydrogen) atoms. The highest BCUT2D eigenvalue weighted by Gasteiger charge is 2.34. The zero-order chi connectivity index (χ0) is 12.0. The van der Waals surface area contributed by atoms with Gasteiger partial charge in [0.15, 0.2) is 0 Å². The molecule has 0 aromatic heterocycles. The second-order valence-electron chi connectivity index (χ2n) is 4.92. The number of ketones is 1. The topological polar surface area (TPSA) is 54.4 Å². The Labute approximate surface area is 97.2 Å². The third-order valence-electron chi connectivity index (χ3n) is 3.64. The lowest BCUT2D eigenvalue weighted by molar-refractivity contribution is -0.137. The molecule has 1 N–H and O–H groups in total. The van der Waals surface area contributed by atoms with E-state index in [-0.39, 0.29) is 0 Å². The van der Waals surface area contributed by atoms with Gasteiger partial charge in [-0.25, -0.2) is 0 Å². The van der Waals surface area contributed by atoms with Gasteiger partial charge < -0.3 is 5.11 Å². The van der Waals surface area contributed by atoms with Gasteiger partial charge in [-0.15, -0.1) is 0 Å². The molecular weight excluding hydrogens is 204 g/mol. The van der Waals surface area contributed by atoms with Crippen LogP contribution in [0.3, 0.4) is 0 Å². The Bertz CT molecular complexity index is 248. The van der Waals surface area contributed by atoms with Crippen LogP contribution < -0.4 is 0 Å². The second kappa shape index (κ2) is 6.66. The van der Waals surface area contributed by atoms with Gasteiger partial charge >= 0.3 is 5.97 Å². The molecule has 1 fully saturated rings. The normalized spacial score (nSPS) is 24.2. The summed E-state index contributed by atoms with van der Waals surface area (Å²) in [6.07, 6.45) is 7.58. The van der Waals surface area contributed by atoms with Crippen LogP contribution >= 0.6 is 0 Å². The maximum atomic E-state index is 11.0. The fourth-order valence-electron chi connectivity index (χ4n) is 2.29. The van der Waals surface area contributed by atoms with E-state index in [1.54, 1.807) is 0 Å². The minimum absolute atomic E-state index is 0.298. The number of Topliss-reactive ketones (excluding diaryl/α,β-unsaturated/α-hetero) is 1. The highest BCUT2D eigenvalue weighted by atomic mass is 16.4. The van der Waals surface area contributed by atoms with Crippen molar-refractivity contribution in [3.05, 3.63) is 0 Å². The summed E-state index contributed by atoms with van der Waals surface area (Å²) in [5, 5.41) is 8.45. The summed E-state index contributed by atoms with van der Waals surface area (Å²) in [7, 11) is 0. The summed E-state index contributed by atoms with van der Waals surface area (Å²) in [6, 6.07) is 0. The van der Waals surface area contributed by atoms with Gasteiger partial charge in [-0.3, -0.25) is 9.59 Å². The maximum absolute atomic E-state index is 11.0. The van der Waals surface area contributed by atoms with E-state index in [0.29, 0.717) is 24.0 Å². The van der Waals surface area contributed by atoms with E-state index < -0.39 is 5.97 Å². The van der Waals surface area contributed by atoms with Crippen molar-refractivity contribution in [1.82, 2.24) is 0 Å². The molecule has 1 aliphatic rings. The van der Waals surface area contributed by atoms with Gasteiger partial charge in [0.05, 0.1) is 0 Å². The Kier molecular flexibility index (Phi) is 5.50. The molecule has 2 atom stereocenters. The van der Waals surface area contributed by atoms with E-state index in [1.165, 1.54) is 19.3 Å². The SMILES string of the molecule is CC1C(=O)CC1CCCCCCCC(=O)O.